The Labute approximate surface area is 145 Å². The first-order valence-corrected chi connectivity index (χ1v) is 8.99. The summed E-state index contributed by atoms with van der Waals surface area (Å²) in [4.78, 5) is 23.8. The quantitative estimate of drug-likeness (QED) is 0.855. The first-order chi connectivity index (χ1) is 11.6. The van der Waals surface area contributed by atoms with Crippen molar-refractivity contribution < 1.29 is 9.53 Å². The molecule has 2 aromatic rings. The summed E-state index contributed by atoms with van der Waals surface area (Å²) >= 11 is 1.62. The summed E-state index contributed by atoms with van der Waals surface area (Å²) in [6, 6.07) is 3.99. The number of hydrogen-bond donors (Lipinski definition) is 0. The number of carbonyl (C=O) groups excluding carboxylic acids is 1. The molecular formula is C17H22N4O2S. The summed E-state index contributed by atoms with van der Waals surface area (Å²) in [7, 11) is 1.60. The molecule has 1 aliphatic rings. The van der Waals surface area contributed by atoms with E-state index in [9.17, 15) is 4.79 Å². The maximum Gasteiger partial charge on any atom is 0.222 e. The lowest BCUT2D eigenvalue weighted by Gasteiger charge is -2.17. The van der Waals surface area contributed by atoms with Gasteiger partial charge in [-0.1, -0.05) is 6.92 Å². The first-order valence-electron chi connectivity index (χ1n) is 8.11. The van der Waals surface area contributed by atoms with Gasteiger partial charge < -0.3 is 14.2 Å². The largest absolute Gasteiger partial charge is 0.481 e. The second-order valence-electron chi connectivity index (χ2n) is 5.84. The van der Waals surface area contributed by atoms with Crippen molar-refractivity contribution in [2.45, 2.75) is 32.7 Å². The van der Waals surface area contributed by atoms with E-state index in [1.807, 2.05) is 17.9 Å². The van der Waals surface area contributed by atoms with Gasteiger partial charge in [0.25, 0.3) is 0 Å². The zero-order valence-electron chi connectivity index (χ0n) is 14.2. The molecule has 1 atom stereocenters. The van der Waals surface area contributed by atoms with Gasteiger partial charge in [0, 0.05) is 36.7 Å². The number of amides is 1. The molecule has 128 valence electrons. The van der Waals surface area contributed by atoms with Crippen molar-refractivity contribution in [1.29, 1.82) is 0 Å². The van der Waals surface area contributed by atoms with Crippen LogP contribution in [0.1, 0.15) is 31.5 Å². The topological polar surface area (TPSA) is 59.7 Å². The normalized spacial score (nSPS) is 18.2. The van der Waals surface area contributed by atoms with Crippen molar-refractivity contribution in [3.8, 4) is 5.88 Å². The first kappa shape index (κ1) is 16.7. The number of pyridine rings is 1. The lowest BCUT2D eigenvalue weighted by Crippen LogP contribution is -2.30. The van der Waals surface area contributed by atoms with Crippen LogP contribution in [0.5, 0.6) is 5.88 Å². The molecule has 1 fully saturated rings. The monoisotopic (exact) mass is 346 g/mol. The summed E-state index contributed by atoms with van der Waals surface area (Å²) < 4.78 is 7.33. The molecule has 2 aromatic heterocycles. The summed E-state index contributed by atoms with van der Waals surface area (Å²) in [5, 5.41) is 2.11. The number of nitrogens with zero attached hydrogens (tertiary/aromatic N) is 4. The number of rotatable bonds is 4. The summed E-state index contributed by atoms with van der Waals surface area (Å²) in [6.07, 6.45) is 3.24. The SMILES string of the molecule is CCC(=O)N1CCC(n2c(C)csc2=Nc2ccc(OC)nc2)C1. The van der Waals surface area contributed by atoms with Crippen LogP contribution in [0, 0.1) is 6.92 Å². The minimum Gasteiger partial charge on any atom is -0.481 e. The average Bonchev–Trinajstić information content (AvgIpc) is 3.22. The smallest absolute Gasteiger partial charge is 0.222 e. The zero-order valence-corrected chi connectivity index (χ0v) is 15.0. The van der Waals surface area contributed by atoms with E-state index in [-0.39, 0.29) is 11.9 Å². The minimum absolute atomic E-state index is 0.226. The van der Waals surface area contributed by atoms with Crippen LogP contribution in [-0.2, 0) is 4.79 Å². The second-order valence-corrected chi connectivity index (χ2v) is 6.67. The third kappa shape index (κ3) is 3.36. The number of thiazole rings is 1. The van der Waals surface area contributed by atoms with Crippen molar-refractivity contribution in [1.82, 2.24) is 14.5 Å². The van der Waals surface area contributed by atoms with E-state index < -0.39 is 0 Å². The Morgan fingerprint density at radius 3 is 3.00 bits per heavy atom. The van der Waals surface area contributed by atoms with E-state index in [1.54, 1.807) is 30.7 Å². The lowest BCUT2D eigenvalue weighted by molar-refractivity contribution is -0.129. The highest BCUT2D eigenvalue weighted by atomic mass is 32.1. The van der Waals surface area contributed by atoms with Gasteiger partial charge in [0.05, 0.1) is 25.0 Å². The summed E-state index contributed by atoms with van der Waals surface area (Å²) in [5.41, 5.74) is 1.97. The number of aromatic nitrogens is 2. The molecule has 3 rings (SSSR count). The van der Waals surface area contributed by atoms with Crippen molar-refractivity contribution in [3.05, 3.63) is 34.2 Å². The molecule has 1 amide bonds. The number of methoxy groups -OCH3 is 1. The maximum atomic E-state index is 11.9. The van der Waals surface area contributed by atoms with Crippen molar-refractivity contribution in [2.75, 3.05) is 20.2 Å². The molecule has 0 aliphatic carbocycles. The summed E-state index contributed by atoms with van der Waals surface area (Å²) in [5.74, 6) is 0.803. The van der Waals surface area contributed by atoms with Crippen LogP contribution in [0.3, 0.4) is 0 Å². The molecule has 1 aliphatic heterocycles. The Hall–Kier alpha value is -2.15. The predicted molar refractivity (Wildman–Crippen MR) is 93.6 cm³/mol. The Bertz CT molecular complexity index is 779. The molecule has 1 unspecified atom stereocenters. The Morgan fingerprint density at radius 1 is 1.50 bits per heavy atom. The van der Waals surface area contributed by atoms with Gasteiger partial charge in [0.15, 0.2) is 4.80 Å². The highest BCUT2D eigenvalue weighted by Crippen LogP contribution is 2.23. The van der Waals surface area contributed by atoms with Crippen LogP contribution in [-0.4, -0.2) is 40.6 Å². The third-order valence-corrected chi connectivity index (χ3v) is 5.22. The minimum atomic E-state index is 0.226. The second kappa shape index (κ2) is 7.17. The van der Waals surface area contributed by atoms with Crippen LogP contribution < -0.4 is 9.54 Å². The number of likely N-dealkylation sites (tertiary alicyclic amines) is 1. The molecule has 3 heterocycles. The van der Waals surface area contributed by atoms with E-state index in [1.165, 1.54) is 5.69 Å². The molecule has 0 saturated carbocycles. The van der Waals surface area contributed by atoms with Crippen molar-refractivity contribution in [3.63, 3.8) is 0 Å². The molecule has 1 saturated heterocycles. The lowest BCUT2D eigenvalue weighted by atomic mass is 10.2. The van der Waals surface area contributed by atoms with Crippen LogP contribution in [0.25, 0.3) is 0 Å². The fourth-order valence-corrected chi connectivity index (χ4v) is 3.95. The van der Waals surface area contributed by atoms with Crippen LogP contribution in [0.2, 0.25) is 0 Å². The Kier molecular flexibility index (Phi) is 4.99. The average molecular weight is 346 g/mol. The Balaban J connectivity index is 1.89. The van der Waals surface area contributed by atoms with Crippen molar-refractivity contribution >= 4 is 22.9 Å². The molecule has 0 N–H and O–H groups in total. The van der Waals surface area contributed by atoms with Gasteiger partial charge in [-0.25, -0.2) is 9.98 Å². The number of carbonyl (C=O) groups is 1. The number of aryl methyl sites for hydroxylation is 1. The fraction of sp³-hybridized carbons (Fsp3) is 0.471. The van der Waals surface area contributed by atoms with Gasteiger partial charge in [-0.05, 0) is 19.4 Å². The highest BCUT2D eigenvalue weighted by molar-refractivity contribution is 7.07. The van der Waals surface area contributed by atoms with Gasteiger partial charge in [-0.15, -0.1) is 11.3 Å². The fourth-order valence-electron chi connectivity index (χ4n) is 3.00. The number of hydrogen-bond acceptors (Lipinski definition) is 5. The van der Waals surface area contributed by atoms with E-state index in [4.69, 9.17) is 9.73 Å². The predicted octanol–water partition coefficient (Wildman–Crippen LogP) is 2.68. The van der Waals surface area contributed by atoms with Gasteiger partial charge in [0.1, 0.15) is 0 Å². The Morgan fingerprint density at radius 2 is 2.33 bits per heavy atom. The standard InChI is InChI=1S/C17H22N4O2S/c1-4-16(22)20-8-7-14(10-20)21-12(2)11-24-17(21)19-13-5-6-15(23-3)18-9-13/h5-6,9,11,14H,4,7-8,10H2,1-3H3. The van der Waals surface area contributed by atoms with Crippen LogP contribution >= 0.6 is 11.3 Å². The van der Waals surface area contributed by atoms with Crippen LogP contribution in [0.15, 0.2) is 28.7 Å². The molecule has 0 spiro atoms. The molecule has 7 heteroatoms. The molecular weight excluding hydrogens is 324 g/mol. The van der Waals surface area contributed by atoms with E-state index in [0.717, 1.165) is 30.0 Å². The van der Waals surface area contributed by atoms with E-state index >= 15 is 0 Å². The van der Waals surface area contributed by atoms with Crippen molar-refractivity contribution in [2.24, 2.45) is 4.99 Å². The van der Waals surface area contributed by atoms with Crippen LogP contribution in [0.4, 0.5) is 5.69 Å². The molecule has 24 heavy (non-hydrogen) atoms. The van der Waals surface area contributed by atoms with Gasteiger partial charge in [-0.2, -0.15) is 0 Å². The molecule has 0 radical (unpaired) electrons. The number of ether oxygens (including phenoxy) is 1. The van der Waals surface area contributed by atoms with Gasteiger partial charge in [-0.3, -0.25) is 4.79 Å². The van der Waals surface area contributed by atoms with E-state index in [0.29, 0.717) is 12.3 Å². The molecule has 0 bridgehead atoms. The van der Waals surface area contributed by atoms with Gasteiger partial charge in [0.2, 0.25) is 11.8 Å². The molecule has 0 aromatic carbocycles. The molecule has 6 nitrogen and oxygen atoms in total. The maximum absolute atomic E-state index is 11.9. The highest BCUT2D eigenvalue weighted by Gasteiger charge is 2.27. The summed E-state index contributed by atoms with van der Waals surface area (Å²) in [6.45, 7) is 5.59. The zero-order chi connectivity index (χ0) is 17.1. The van der Waals surface area contributed by atoms with E-state index in [2.05, 4.69) is 21.9 Å². The van der Waals surface area contributed by atoms with Gasteiger partial charge >= 0.3 is 0 Å². The third-order valence-electron chi connectivity index (χ3n) is 4.26.